The topological polar surface area (TPSA) is 38.7 Å². The Morgan fingerprint density at radius 3 is 2.61 bits per heavy atom. The van der Waals surface area contributed by atoms with Crippen molar-refractivity contribution in [2.24, 2.45) is 10.9 Å². The second-order valence-corrected chi connectivity index (χ2v) is 5.62. The largest absolute Gasteiger partial charge is 0.487 e. The molecule has 0 N–H and O–H groups in total. The molecule has 3 nitrogen and oxygen atoms in total. The Hall–Kier alpha value is -1.38. The zero-order chi connectivity index (χ0) is 13.7. The second-order valence-electron chi connectivity index (χ2n) is 4.74. The fourth-order valence-corrected chi connectivity index (χ4v) is 2.56. The molecule has 18 heavy (non-hydrogen) atoms. The van der Waals surface area contributed by atoms with Crippen LogP contribution in [0, 0.1) is 5.92 Å². The van der Waals surface area contributed by atoms with Gasteiger partial charge >= 0.3 is 0 Å². The summed E-state index contributed by atoms with van der Waals surface area (Å²) in [7, 11) is 0. The molecule has 0 aliphatic heterocycles. The van der Waals surface area contributed by atoms with E-state index in [0.29, 0.717) is 17.4 Å². The van der Waals surface area contributed by atoms with Crippen LogP contribution in [0.5, 0.6) is 5.75 Å². The molecule has 1 heterocycles. The lowest BCUT2D eigenvalue weighted by Gasteiger charge is -2.12. The van der Waals surface area contributed by atoms with Crippen LogP contribution in [0.3, 0.4) is 0 Å². The van der Waals surface area contributed by atoms with Gasteiger partial charge in [-0.25, -0.2) is 4.79 Å². The van der Waals surface area contributed by atoms with Gasteiger partial charge in [0.15, 0.2) is 5.75 Å². The van der Waals surface area contributed by atoms with E-state index in [1.54, 1.807) is 17.4 Å². The molecule has 0 fully saturated rings. The van der Waals surface area contributed by atoms with Gasteiger partial charge in [0, 0.05) is 5.38 Å². The van der Waals surface area contributed by atoms with Crippen LogP contribution in [0.25, 0.3) is 5.57 Å². The average molecular weight is 265 g/mol. The first-order chi connectivity index (χ1) is 8.45. The molecule has 0 atom stereocenters. The number of hydrogen-bond donors (Lipinski definition) is 0. The van der Waals surface area contributed by atoms with E-state index in [1.807, 2.05) is 26.2 Å². The van der Waals surface area contributed by atoms with E-state index in [9.17, 15) is 4.79 Å². The number of thiophene rings is 1. The molecule has 0 spiro atoms. The quantitative estimate of drug-likeness (QED) is 0.578. The molecular formula is C14H19NO2S. The van der Waals surface area contributed by atoms with Gasteiger partial charge in [0.05, 0.1) is 11.0 Å². The van der Waals surface area contributed by atoms with Crippen molar-refractivity contribution >= 4 is 28.7 Å². The molecule has 0 unspecified atom stereocenters. The maximum absolute atomic E-state index is 10.4. The van der Waals surface area contributed by atoms with Gasteiger partial charge in [0.25, 0.3) is 0 Å². The third-order valence-electron chi connectivity index (χ3n) is 2.19. The molecule has 0 radical (unpaired) electrons. The minimum absolute atomic E-state index is 0.0470. The van der Waals surface area contributed by atoms with Crippen LogP contribution in [0.1, 0.15) is 39.5 Å². The van der Waals surface area contributed by atoms with E-state index in [0.717, 1.165) is 10.5 Å². The predicted molar refractivity (Wildman–Crippen MR) is 76.4 cm³/mol. The fraction of sp³-hybridized carbons (Fsp3) is 0.500. The molecule has 0 aromatic carbocycles. The lowest BCUT2D eigenvalue weighted by molar-refractivity contribution is 0.244. The molecule has 1 aromatic heterocycles. The van der Waals surface area contributed by atoms with Crippen LogP contribution < -0.4 is 4.74 Å². The third-order valence-corrected chi connectivity index (χ3v) is 3.27. The highest BCUT2D eigenvalue weighted by molar-refractivity contribution is 7.12. The number of nitrogens with zero attached hydrogens (tertiary/aromatic N) is 1. The lowest BCUT2D eigenvalue weighted by atomic mass is 10.1. The summed E-state index contributed by atoms with van der Waals surface area (Å²) >= 11 is 1.54. The Labute approximate surface area is 112 Å². The fourth-order valence-electron chi connectivity index (χ4n) is 1.66. The molecule has 1 aromatic rings. The average Bonchev–Trinajstić information content (AvgIpc) is 2.60. The Morgan fingerprint density at radius 2 is 2.11 bits per heavy atom. The van der Waals surface area contributed by atoms with Crippen molar-refractivity contribution < 1.29 is 9.53 Å². The Balaban J connectivity index is 3.23. The molecule has 0 amide bonds. The molecule has 1 rings (SSSR count). The first-order valence-corrected chi connectivity index (χ1v) is 6.88. The van der Waals surface area contributed by atoms with E-state index in [-0.39, 0.29) is 6.10 Å². The van der Waals surface area contributed by atoms with Gasteiger partial charge < -0.3 is 4.74 Å². The third kappa shape index (κ3) is 3.83. The maximum atomic E-state index is 10.4. The normalized spacial score (nSPS) is 11.8. The van der Waals surface area contributed by atoms with Gasteiger partial charge in [-0.05, 0) is 32.3 Å². The van der Waals surface area contributed by atoms with Crippen molar-refractivity contribution in [1.82, 2.24) is 0 Å². The van der Waals surface area contributed by atoms with Crippen LogP contribution in [-0.2, 0) is 4.79 Å². The molecular weight excluding hydrogens is 246 g/mol. The summed E-state index contributed by atoms with van der Waals surface area (Å²) < 4.78 is 5.77. The second kappa shape index (κ2) is 6.53. The van der Waals surface area contributed by atoms with Crippen molar-refractivity contribution in [2.45, 2.75) is 40.7 Å². The van der Waals surface area contributed by atoms with Crippen molar-refractivity contribution in [2.75, 3.05) is 0 Å². The highest BCUT2D eigenvalue weighted by atomic mass is 32.1. The molecule has 0 bridgehead atoms. The molecule has 0 aliphatic rings. The lowest BCUT2D eigenvalue weighted by Crippen LogP contribution is -2.06. The van der Waals surface area contributed by atoms with Crippen LogP contribution in [0.2, 0.25) is 0 Å². The first kappa shape index (κ1) is 14.7. The first-order valence-electron chi connectivity index (χ1n) is 6.00. The van der Waals surface area contributed by atoms with Crippen molar-refractivity contribution in [3.05, 3.63) is 16.3 Å². The maximum Gasteiger partial charge on any atom is 0.240 e. The highest BCUT2D eigenvalue weighted by Gasteiger charge is 2.16. The van der Waals surface area contributed by atoms with Crippen LogP contribution >= 0.6 is 11.3 Å². The zero-order valence-corrected chi connectivity index (χ0v) is 12.3. The highest BCUT2D eigenvalue weighted by Crippen LogP contribution is 2.42. The summed E-state index contributed by atoms with van der Waals surface area (Å²) in [6.45, 7) is 10.2. The van der Waals surface area contributed by atoms with Crippen molar-refractivity contribution in [3.63, 3.8) is 0 Å². The number of rotatable bonds is 5. The summed E-state index contributed by atoms with van der Waals surface area (Å²) in [5.41, 5.74) is 1.72. The number of hydrogen-bond acceptors (Lipinski definition) is 4. The predicted octanol–water partition coefficient (Wildman–Crippen LogP) is 4.56. The van der Waals surface area contributed by atoms with Crippen LogP contribution in [0.4, 0.5) is 5.69 Å². The molecule has 4 heteroatoms. The van der Waals surface area contributed by atoms with E-state index in [1.165, 1.54) is 0 Å². The number of allylic oxidation sites excluding steroid dienone is 2. The monoisotopic (exact) mass is 265 g/mol. The Bertz CT molecular complexity index is 480. The van der Waals surface area contributed by atoms with E-state index in [2.05, 4.69) is 24.9 Å². The number of carbonyl (C=O) groups excluding carboxylic acids is 1. The van der Waals surface area contributed by atoms with Crippen LogP contribution in [-0.4, -0.2) is 12.2 Å². The number of ether oxygens (including phenoxy) is 1. The van der Waals surface area contributed by atoms with Gasteiger partial charge in [0.1, 0.15) is 5.69 Å². The Morgan fingerprint density at radius 1 is 1.44 bits per heavy atom. The van der Waals surface area contributed by atoms with Gasteiger partial charge in [0.2, 0.25) is 6.08 Å². The molecule has 0 saturated carbocycles. The number of aliphatic imine (C=N–C) groups is 1. The van der Waals surface area contributed by atoms with Crippen LogP contribution in [0.15, 0.2) is 16.4 Å². The van der Waals surface area contributed by atoms with E-state index < -0.39 is 0 Å². The summed E-state index contributed by atoms with van der Waals surface area (Å²) in [5, 5.41) is 1.83. The summed E-state index contributed by atoms with van der Waals surface area (Å²) in [6.07, 6.45) is 3.79. The standard InChI is InChI=1S/C14H19NO2S/c1-9(2)6-11(5)14-13(17-10(3)4)12(7-18-14)15-8-16/h6-7,9-10H,1-5H3/b11-6+. The zero-order valence-electron chi connectivity index (χ0n) is 11.5. The minimum atomic E-state index is 0.0470. The summed E-state index contributed by atoms with van der Waals surface area (Å²) in [6, 6.07) is 0. The smallest absolute Gasteiger partial charge is 0.240 e. The van der Waals surface area contributed by atoms with E-state index >= 15 is 0 Å². The summed E-state index contributed by atoms with van der Waals surface area (Å²) in [5.74, 6) is 1.16. The van der Waals surface area contributed by atoms with Gasteiger partial charge in [-0.2, -0.15) is 4.99 Å². The van der Waals surface area contributed by atoms with Gasteiger partial charge in [-0.3, -0.25) is 0 Å². The van der Waals surface area contributed by atoms with E-state index in [4.69, 9.17) is 4.74 Å². The molecule has 0 saturated heterocycles. The van der Waals surface area contributed by atoms with Gasteiger partial charge in [-0.1, -0.05) is 19.9 Å². The van der Waals surface area contributed by atoms with Gasteiger partial charge in [-0.15, -0.1) is 11.3 Å². The SMILES string of the molecule is C/C(=C\C(C)C)c1scc(N=C=O)c1OC(C)C. The molecule has 98 valence electrons. The Kier molecular flexibility index (Phi) is 5.32. The van der Waals surface area contributed by atoms with Crippen molar-refractivity contribution in [1.29, 1.82) is 0 Å². The number of isocyanates is 1. The minimum Gasteiger partial charge on any atom is -0.487 e. The summed E-state index contributed by atoms with van der Waals surface area (Å²) in [4.78, 5) is 15.1. The van der Waals surface area contributed by atoms with Crippen molar-refractivity contribution in [3.8, 4) is 5.75 Å². The molecule has 0 aliphatic carbocycles.